The molecule has 126 valence electrons. The highest BCUT2D eigenvalue weighted by molar-refractivity contribution is 7.99. The van der Waals surface area contributed by atoms with E-state index in [0.717, 1.165) is 18.7 Å². The van der Waals surface area contributed by atoms with Crippen molar-refractivity contribution in [2.75, 3.05) is 11.1 Å². The van der Waals surface area contributed by atoms with Crippen molar-refractivity contribution in [3.63, 3.8) is 0 Å². The van der Waals surface area contributed by atoms with Gasteiger partial charge in [-0.3, -0.25) is 4.79 Å². The number of amides is 1. The fourth-order valence-electron chi connectivity index (χ4n) is 2.25. The largest absolute Gasteiger partial charge is 0.325 e. The summed E-state index contributed by atoms with van der Waals surface area (Å²) in [5.41, 5.74) is 0.457. The molecular weight excluding hydrogens is 351 g/mol. The molecule has 1 fully saturated rings. The number of anilines is 1. The second-order valence-corrected chi connectivity index (χ2v) is 6.83. The molecule has 1 aromatic carbocycles. The predicted octanol–water partition coefficient (Wildman–Crippen LogP) is 3.86. The molecule has 0 bridgehead atoms. The number of nitrogens with zero attached hydrogens (tertiary/aromatic N) is 3. The molecule has 5 nitrogen and oxygen atoms in total. The molecule has 0 saturated heterocycles. The Morgan fingerprint density at radius 2 is 2.29 bits per heavy atom. The Bertz CT molecular complexity index is 775. The smallest absolute Gasteiger partial charge is 0.234 e. The minimum atomic E-state index is -0.519. The van der Waals surface area contributed by atoms with Crippen LogP contribution in [0.1, 0.15) is 24.6 Å². The molecular formula is C16H16ClFN4OS. The third-order valence-electron chi connectivity index (χ3n) is 3.54. The molecule has 8 heteroatoms. The van der Waals surface area contributed by atoms with Gasteiger partial charge in [-0.1, -0.05) is 29.4 Å². The summed E-state index contributed by atoms with van der Waals surface area (Å²) in [4.78, 5) is 12.1. The molecule has 0 spiro atoms. The highest BCUT2D eigenvalue weighted by Crippen LogP contribution is 2.40. The van der Waals surface area contributed by atoms with Gasteiger partial charge in [-0.15, -0.1) is 16.8 Å². The number of benzene rings is 1. The van der Waals surface area contributed by atoms with Crippen LogP contribution in [0.5, 0.6) is 0 Å². The Labute approximate surface area is 148 Å². The van der Waals surface area contributed by atoms with E-state index in [0.29, 0.717) is 23.3 Å². The van der Waals surface area contributed by atoms with Crippen LogP contribution in [-0.4, -0.2) is 26.4 Å². The molecule has 1 N–H and O–H groups in total. The summed E-state index contributed by atoms with van der Waals surface area (Å²) in [5, 5.41) is 11.8. The van der Waals surface area contributed by atoms with Gasteiger partial charge in [-0.25, -0.2) is 4.39 Å². The maximum Gasteiger partial charge on any atom is 0.234 e. The Morgan fingerprint density at radius 1 is 1.50 bits per heavy atom. The van der Waals surface area contributed by atoms with E-state index < -0.39 is 5.82 Å². The van der Waals surface area contributed by atoms with Gasteiger partial charge in [0.05, 0.1) is 10.8 Å². The third-order valence-corrected chi connectivity index (χ3v) is 4.79. The Kier molecular flexibility index (Phi) is 5.20. The fourth-order valence-corrected chi connectivity index (χ4v) is 3.19. The van der Waals surface area contributed by atoms with Crippen molar-refractivity contribution >= 4 is 35.0 Å². The molecule has 1 amide bonds. The molecule has 1 aliphatic carbocycles. The van der Waals surface area contributed by atoms with Crippen molar-refractivity contribution in [1.29, 1.82) is 0 Å². The summed E-state index contributed by atoms with van der Waals surface area (Å²) in [6.45, 7) is 4.38. The van der Waals surface area contributed by atoms with Gasteiger partial charge in [0.1, 0.15) is 11.6 Å². The van der Waals surface area contributed by atoms with Crippen molar-refractivity contribution in [3.8, 4) is 0 Å². The van der Waals surface area contributed by atoms with Crippen molar-refractivity contribution in [2.24, 2.45) is 0 Å². The van der Waals surface area contributed by atoms with Gasteiger partial charge in [0.2, 0.25) is 5.91 Å². The van der Waals surface area contributed by atoms with Crippen molar-refractivity contribution in [3.05, 3.63) is 47.5 Å². The number of carbonyl (C=O) groups excluding carboxylic acids is 1. The van der Waals surface area contributed by atoms with Gasteiger partial charge in [-0.2, -0.15) is 0 Å². The predicted molar refractivity (Wildman–Crippen MR) is 93.0 cm³/mol. The molecule has 3 rings (SSSR count). The average Bonchev–Trinajstić information content (AvgIpc) is 3.32. The molecule has 0 radical (unpaired) electrons. The number of carbonyl (C=O) groups is 1. The van der Waals surface area contributed by atoms with Crippen LogP contribution in [0.3, 0.4) is 0 Å². The Morgan fingerprint density at radius 3 is 2.96 bits per heavy atom. The zero-order valence-electron chi connectivity index (χ0n) is 12.8. The summed E-state index contributed by atoms with van der Waals surface area (Å²) >= 11 is 7.01. The molecule has 1 aromatic heterocycles. The summed E-state index contributed by atoms with van der Waals surface area (Å²) in [5.74, 6) is 0.873. The van der Waals surface area contributed by atoms with Crippen LogP contribution in [0.4, 0.5) is 10.1 Å². The van der Waals surface area contributed by atoms with E-state index in [1.165, 1.54) is 30.0 Å². The molecule has 24 heavy (non-hydrogen) atoms. The van der Waals surface area contributed by atoms with Gasteiger partial charge < -0.3 is 9.88 Å². The minimum Gasteiger partial charge on any atom is -0.325 e. The highest BCUT2D eigenvalue weighted by atomic mass is 35.5. The van der Waals surface area contributed by atoms with Crippen LogP contribution < -0.4 is 5.32 Å². The van der Waals surface area contributed by atoms with E-state index in [4.69, 9.17) is 11.6 Å². The van der Waals surface area contributed by atoms with Crippen LogP contribution >= 0.6 is 23.4 Å². The van der Waals surface area contributed by atoms with E-state index in [1.54, 1.807) is 6.08 Å². The summed E-state index contributed by atoms with van der Waals surface area (Å²) < 4.78 is 15.1. The first-order chi connectivity index (χ1) is 11.6. The van der Waals surface area contributed by atoms with E-state index in [-0.39, 0.29) is 16.7 Å². The van der Waals surface area contributed by atoms with Gasteiger partial charge >= 0.3 is 0 Å². The average molecular weight is 367 g/mol. The lowest BCUT2D eigenvalue weighted by Gasteiger charge is -2.08. The molecule has 0 aliphatic heterocycles. The van der Waals surface area contributed by atoms with Crippen LogP contribution in [-0.2, 0) is 11.3 Å². The monoisotopic (exact) mass is 366 g/mol. The van der Waals surface area contributed by atoms with E-state index in [2.05, 4.69) is 22.1 Å². The van der Waals surface area contributed by atoms with E-state index in [9.17, 15) is 9.18 Å². The van der Waals surface area contributed by atoms with Gasteiger partial charge in [0, 0.05) is 18.2 Å². The zero-order valence-corrected chi connectivity index (χ0v) is 14.4. The summed E-state index contributed by atoms with van der Waals surface area (Å²) in [7, 11) is 0. The molecule has 2 aromatic rings. The molecule has 1 heterocycles. The number of rotatable bonds is 7. The maximum atomic E-state index is 13.1. The quantitative estimate of drug-likeness (QED) is 0.597. The van der Waals surface area contributed by atoms with Gasteiger partial charge in [0.15, 0.2) is 5.16 Å². The molecule has 1 aliphatic rings. The first-order valence-electron chi connectivity index (χ1n) is 7.50. The van der Waals surface area contributed by atoms with E-state index >= 15 is 0 Å². The lowest BCUT2D eigenvalue weighted by molar-refractivity contribution is -0.113. The van der Waals surface area contributed by atoms with Crippen LogP contribution in [0.2, 0.25) is 5.02 Å². The number of allylic oxidation sites excluding steroid dienone is 1. The second-order valence-electron chi connectivity index (χ2n) is 5.48. The lowest BCUT2D eigenvalue weighted by atomic mass is 10.3. The number of nitrogens with one attached hydrogen (secondary N) is 1. The number of hydrogen-bond donors (Lipinski definition) is 1. The second kappa shape index (κ2) is 7.36. The Balaban J connectivity index is 1.61. The SMILES string of the molecule is C=CCn1c(SCC(=O)Nc2ccc(F)c(Cl)c2)nnc1C1CC1. The zero-order chi connectivity index (χ0) is 17.1. The Hall–Kier alpha value is -1.86. The van der Waals surface area contributed by atoms with Crippen LogP contribution in [0.15, 0.2) is 36.0 Å². The topological polar surface area (TPSA) is 59.8 Å². The number of aromatic nitrogens is 3. The summed E-state index contributed by atoms with van der Waals surface area (Å²) in [6.07, 6.45) is 4.05. The summed E-state index contributed by atoms with van der Waals surface area (Å²) in [6, 6.07) is 4.06. The highest BCUT2D eigenvalue weighted by Gasteiger charge is 2.30. The third kappa shape index (κ3) is 3.96. The minimum absolute atomic E-state index is 0.0275. The molecule has 1 saturated carbocycles. The molecule has 0 unspecified atom stereocenters. The van der Waals surface area contributed by atoms with Gasteiger partial charge in [-0.05, 0) is 31.0 Å². The lowest BCUT2D eigenvalue weighted by Crippen LogP contribution is -2.14. The van der Waals surface area contributed by atoms with Crippen molar-refractivity contribution in [2.45, 2.75) is 30.5 Å². The van der Waals surface area contributed by atoms with Crippen LogP contribution in [0.25, 0.3) is 0 Å². The maximum absolute atomic E-state index is 13.1. The normalized spacial score (nSPS) is 13.8. The first kappa shape index (κ1) is 17.0. The first-order valence-corrected chi connectivity index (χ1v) is 8.86. The molecule has 0 atom stereocenters. The standard InChI is InChI=1S/C16H16ClFN4OS/c1-2-7-22-15(10-3-4-10)20-21-16(22)24-9-14(23)19-11-5-6-13(18)12(17)8-11/h2,5-6,8,10H,1,3-4,7,9H2,(H,19,23). The van der Waals surface area contributed by atoms with Crippen molar-refractivity contribution < 1.29 is 9.18 Å². The number of hydrogen-bond acceptors (Lipinski definition) is 4. The van der Waals surface area contributed by atoms with Gasteiger partial charge in [0.25, 0.3) is 0 Å². The van der Waals surface area contributed by atoms with Crippen LogP contribution in [0, 0.1) is 5.82 Å². The number of halogens is 2. The fraction of sp³-hybridized carbons (Fsp3) is 0.312. The van der Waals surface area contributed by atoms with Crippen molar-refractivity contribution in [1.82, 2.24) is 14.8 Å². The number of thioether (sulfide) groups is 1. The van der Waals surface area contributed by atoms with E-state index in [1.807, 2.05) is 4.57 Å².